The van der Waals surface area contributed by atoms with Gasteiger partial charge in [0, 0.05) is 11.5 Å². The molecule has 5 nitrogen and oxygen atoms in total. The molecule has 0 bridgehead atoms. The second kappa shape index (κ2) is 3.56. The van der Waals surface area contributed by atoms with E-state index in [1.54, 1.807) is 6.92 Å². The van der Waals surface area contributed by atoms with E-state index < -0.39 is 0 Å². The Labute approximate surface area is 71.0 Å². The maximum atomic E-state index is 11.0. The van der Waals surface area contributed by atoms with Crippen molar-refractivity contribution in [2.24, 2.45) is 5.11 Å². The zero-order valence-electron chi connectivity index (χ0n) is 7.27. The minimum Gasteiger partial charge on any atom is -0.298 e. The van der Waals surface area contributed by atoms with Crippen LogP contribution in [-0.4, -0.2) is 36.4 Å². The molecule has 5 heteroatoms. The summed E-state index contributed by atoms with van der Waals surface area (Å²) < 4.78 is 0. The van der Waals surface area contributed by atoms with E-state index in [4.69, 9.17) is 5.53 Å². The molecule has 2 atom stereocenters. The normalized spacial score (nSPS) is 29.8. The van der Waals surface area contributed by atoms with Crippen LogP contribution in [0.15, 0.2) is 5.11 Å². The number of hydrogen-bond acceptors (Lipinski definition) is 3. The van der Waals surface area contributed by atoms with Gasteiger partial charge in [0.1, 0.15) is 5.78 Å². The highest BCUT2D eigenvalue weighted by Crippen LogP contribution is 2.18. The molecular weight excluding hydrogens is 156 g/mol. The molecule has 1 heterocycles. The van der Waals surface area contributed by atoms with Crippen molar-refractivity contribution in [3.05, 3.63) is 10.4 Å². The predicted octanol–water partition coefficient (Wildman–Crippen LogP) is 0.958. The van der Waals surface area contributed by atoms with E-state index in [2.05, 4.69) is 10.0 Å². The number of likely N-dealkylation sites (N-methyl/N-ethyl adjacent to an activating group) is 1. The molecule has 0 N–H and O–H groups in total. The number of hydrogen-bond donors (Lipinski definition) is 0. The highest BCUT2D eigenvalue weighted by atomic mass is 16.1. The van der Waals surface area contributed by atoms with Crippen molar-refractivity contribution in [1.29, 1.82) is 0 Å². The van der Waals surface area contributed by atoms with Crippen LogP contribution in [0.4, 0.5) is 0 Å². The van der Waals surface area contributed by atoms with E-state index in [0.717, 1.165) is 0 Å². The van der Waals surface area contributed by atoms with Crippen molar-refractivity contribution in [1.82, 2.24) is 4.90 Å². The summed E-state index contributed by atoms with van der Waals surface area (Å²) in [6, 6.07) is -0.0885. The first-order chi connectivity index (χ1) is 5.65. The number of carbonyl (C=O) groups excluding carboxylic acids is 1. The van der Waals surface area contributed by atoms with Gasteiger partial charge in [-0.05, 0) is 25.9 Å². The van der Waals surface area contributed by atoms with E-state index in [0.29, 0.717) is 13.0 Å². The zero-order chi connectivity index (χ0) is 9.14. The van der Waals surface area contributed by atoms with Crippen LogP contribution < -0.4 is 0 Å². The Balaban J connectivity index is 2.61. The van der Waals surface area contributed by atoms with Crippen LogP contribution >= 0.6 is 0 Å². The Morgan fingerprint density at radius 2 is 2.42 bits per heavy atom. The first kappa shape index (κ1) is 9.03. The minimum atomic E-state index is -0.0551. The molecule has 0 aromatic heterocycles. The van der Waals surface area contributed by atoms with Crippen LogP contribution in [0, 0.1) is 0 Å². The van der Waals surface area contributed by atoms with Crippen LogP contribution in [0.1, 0.15) is 13.3 Å². The topological polar surface area (TPSA) is 69.1 Å². The highest BCUT2D eigenvalue weighted by molar-refractivity contribution is 5.81. The molecule has 0 radical (unpaired) electrons. The molecule has 0 unspecified atom stereocenters. The third-order valence-corrected chi connectivity index (χ3v) is 2.21. The molecule has 12 heavy (non-hydrogen) atoms. The van der Waals surface area contributed by atoms with Crippen LogP contribution in [0.3, 0.4) is 0 Å². The number of carbonyl (C=O) groups is 1. The SMILES string of the molecule is CC(=O)[C@@H]1C[C@H](N=[N+]=[N-])CN1C. The minimum absolute atomic E-state index is 0.0334. The summed E-state index contributed by atoms with van der Waals surface area (Å²) in [5.74, 6) is 0.146. The molecule has 0 amide bonds. The fourth-order valence-corrected chi connectivity index (χ4v) is 1.60. The summed E-state index contributed by atoms with van der Waals surface area (Å²) in [5.41, 5.74) is 8.19. The molecule has 1 rings (SSSR count). The van der Waals surface area contributed by atoms with Crippen molar-refractivity contribution in [2.75, 3.05) is 13.6 Å². The average Bonchev–Trinajstić information content (AvgIpc) is 2.32. The quantitative estimate of drug-likeness (QED) is 0.350. The van der Waals surface area contributed by atoms with E-state index >= 15 is 0 Å². The van der Waals surface area contributed by atoms with Crippen LogP contribution in [0.5, 0.6) is 0 Å². The number of rotatable bonds is 2. The number of Topliss-reactive ketones (excluding diaryl/α,β-unsaturated/α-hetero) is 1. The first-order valence-electron chi connectivity index (χ1n) is 3.90. The molecule has 66 valence electrons. The molecule has 0 aromatic rings. The standard InChI is InChI=1S/C7H12N4O/c1-5(12)7-3-6(9-10-8)4-11(7)2/h6-7H,3-4H2,1-2H3/t6-,7-/m0/s1. The molecule has 1 aliphatic rings. The van der Waals surface area contributed by atoms with E-state index in [1.807, 2.05) is 11.9 Å². The fourth-order valence-electron chi connectivity index (χ4n) is 1.60. The van der Waals surface area contributed by atoms with Gasteiger partial charge in [-0.15, -0.1) is 0 Å². The van der Waals surface area contributed by atoms with Gasteiger partial charge < -0.3 is 0 Å². The van der Waals surface area contributed by atoms with Gasteiger partial charge in [-0.3, -0.25) is 9.69 Å². The van der Waals surface area contributed by atoms with Crippen LogP contribution in [0.2, 0.25) is 0 Å². The smallest absolute Gasteiger partial charge is 0.146 e. The van der Waals surface area contributed by atoms with E-state index in [9.17, 15) is 4.79 Å². The molecule has 0 aromatic carbocycles. The second-order valence-corrected chi connectivity index (χ2v) is 3.16. The van der Waals surface area contributed by atoms with Crippen LogP contribution in [-0.2, 0) is 4.79 Å². The number of azide groups is 1. The Hall–Kier alpha value is -1.06. The molecule has 0 saturated carbocycles. The Bertz CT molecular complexity index is 234. The lowest BCUT2D eigenvalue weighted by Gasteiger charge is -2.14. The van der Waals surface area contributed by atoms with Crippen molar-refractivity contribution >= 4 is 5.78 Å². The lowest BCUT2D eigenvalue weighted by molar-refractivity contribution is -0.120. The maximum absolute atomic E-state index is 11.0. The number of likely N-dealkylation sites (tertiary alicyclic amines) is 1. The van der Waals surface area contributed by atoms with E-state index in [1.165, 1.54) is 0 Å². The average molecular weight is 168 g/mol. The second-order valence-electron chi connectivity index (χ2n) is 3.16. The molecule has 1 saturated heterocycles. The third-order valence-electron chi connectivity index (χ3n) is 2.21. The van der Waals surface area contributed by atoms with Gasteiger partial charge in [-0.2, -0.15) is 0 Å². The Kier molecular flexibility index (Phi) is 2.68. The van der Waals surface area contributed by atoms with E-state index in [-0.39, 0.29) is 17.9 Å². The fraction of sp³-hybridized carbons (Fsp3) is 0.857. The monoisotopic (exact) mass is 168 g/mol. The van der Waals surface area contributed by atoms with Crippen molar-refractivity contribution in [2.45, 2.75) is 25.4 Å². The summed E-state index contributed by atoms with van der Waals surface area (Å²) >= 11 is 0. The zero-order valence-corrected chi connectivity index (χ0v) is 7.27. The Morgan fingerprint density at radius 3 is 2.83 bits per heavy atom. The first-order valence-corrected chi connectivity index (χ1v) is 3.90. The lowest BCUT2D eigenvalue weighted by Crippen LogP contribution is -2.30. The Morgan fingerprint density at radius 1 is 1.75 bits per heavy atom. The summed E-state index contributed by atoms with van der Waals surface area (Å²) in [5, 5.41) is 3.59. The molecule has 1 fully saturated rings. The van der Waals surface area contributed by atoms with Gasteiger partial charge in [-0.1, -0.05) is 5.11 Å². The van der Waals surface area contributed by atoms with Crippen LogP contribution in [0.25, 0.3) is 10.4 Å². The van der Waals surface area contributed by atoms with Gasteiger partial charge in [0.25, 0.3) is 0 Å². The van der Waals surface area contributed by atoms with Crippen molar-refractivity contribution < 1.29 is 4.79 Å². The molecule has 0 spiro atoms. The summed E-state index contributed by atoms with van der Waals surface area (Å²) in [6.07, 6.45) is 0.663. The van der Waals surface area contributed by atoms with Gasteiger partial charge in [-0.25, -0.2) is 0 Å². The van der Waals surface area contributed by atoms with Gasteiger partial charge in [0.2, 0.25) is 0 Å². The molecular formula is C7H12N4O. The summed E-state index contributed by atoms with van der Waals surface area (Å²) in [6.45, 7) is 2.26. The molecule has 0 aliphatic carbocycles. The van der Waals surface area contributed by atoms with Crippen molar-refractivity contribution in [3.63, 3.8) is 0 Å². The third kappa shape index (κ3) is 1.75. The summed E-state index contributed by atoms with van der Waals surface area (Å²) in [7, 11) is 1.87. The largest absolute Gasteiger partial charge is 0.298 e. The number of nitrogens with zero attached hydrogens (tertiary/aromatic N) is 4. The van der Waals surface area contributed by atoms with Gasteiger partial charge in [0.15, 0.2) is 0 Å². The lowest BCUT2D eigenvalue weighted by atomic mass is 10.1. The predicted molar refractivity (Wildman–Crippen MR) is 44.7 cm³/mol. The number of ketones is 1. The van der Waals surface area contributed by atoms with Gasteiger partial charge in [0.05, 0.1) is 12.1 Å². The van der Waals surface area contributed by atoms with Crippen molar-refractivity contribution in [3.8, 4) is 0 Å². The highest BCUT2D eigenvalue weighted by Gasteiger charge is 2.31. The summed E-state index contributed by atoms with van der Waals surface area (Å²) in [4.78, 5) is 15.7. The van der Waals surface area contributed by atoms with Gasteiger partial charge >= 0.3 is 0 Å². The molecule has 1 aliphatic heterocycles. The maximum Gasteiger partial charge on any atom is 0.146 e.